The Balaban J connectivity index is 2.82. The van der Waals surface area contributed by atoms with Crippen molar-refractivity contribution in [1.29, 1.82) is 0 Å². The molecule has 0 aliphatic carbocycles. The van der Waals surface area contributed by atoms with Gasteiger partial charge in [-0.1, -0.05) is 0 Å². The van der Waals surface area contributed by atoms with Gasteiger partial charge in [0.25, 0.3) is 0 Å². The minimum absolute atomic E-state index is 0.0169. The van der Waals surface area contributed by atoms with Crippen LogP contribution in [0.15, 0.2) is 12.1 Å². The van der Waals surface area contributed by atoms with Gasteiger partial charge in [-0.15, -0.1) is 0 Å². The average Bonchev–Trinajstić information content (AvgIpc) is 2.40. The van der Waals surface area contributed by atoms with Crippen molar-refractivity contribution in [3.63, 3.8) is 0 Å². The fraction of sp³-hybridized carbons (Fsp3) is 0.500. The smallest absolute Gasteiger partial charge is 0.408 e. The van der Waals surface area contributed by atoms with Crippen molar-refractivity contribution in [2.75, 3.05) is 17.2 Å². The van der Waals surface area contributed by atoms with Crippen molar-refractivity contribution >= 4 is 23.4 Å². The lowest BCUT2D eigenvalue weighted by atomic mass is 10.2. The molecule has 1 rings (SSSR count). The van der Waals surface area contributed by atoms with Crippen LogP contribution in [0.1, 0.15) is 34.6 Å². The topological polar surface area (TPSA) is 79.5 Å². The largest absolute Gasteiger partial charge is 0.444 e. The van der Waals surface area contributed by atoms with Gasteiger partial charge in [-0.2, -0.15) is 0 Å². The molecule has 24 heavy (non-hydrogen) atoms. The first-order valence-electron chi connectivity index (χ1n) is 7.56. The second-order valence-corrected chi connectivity index (χ2v) is 6.20. The molecule has 0 aromatic heterocycles. The lowest BCUT2D eigenvalue weighted by Crippen LogP contribution is -2.44. The van der Waals surface area contributed by atoms with E-state index in [0.29, 0.717) is 6.54 Å². The number of amides is 2. The van der Waals surface area contributed by atoms with Crippen molar-refractivity contribution in [1.82, 2.24) is 5.32 Å². The normalized spacial score (nSPS) is 12.3. The van der Waals surface area contributed by atoms with E-state index in [9.17, 15) is 18.4 Å². The molecule has 0 bridgehead atoms. The monoisotopic (exact) mass is 343 g/mol. The van der Waals surface area contributed by atoms with Crippen molar-refractivity contribution in [3.8, 4) is 0 Å². The lowest BCUT2D eigenvalue weighted by molar-refractivity contribution is -0.117. The van der Waals surface area contributed by atoms with Gasteiger partial charge >= 0.3 is 6.09 Å². The first kappa shape index (κ1) is 19.7. The highest BCUT2D eigenvalue weighted by molar-refractivity contribution is 5.98. The molecule has 0 saturated carbocycles. The SMILES string of the molecule is CCNc1c(F)cc(F)cc1NC(=O)[C@@H](C)NC(=O)OC(C)(C)C. The summed E-state index contributed by atoms with van der Waals surface area (Å²) in [6.07, 6.45) is -0.762. The van der Waals surface area contributed by atoms with E-state index in [1.54, 1.807) is 27.7 Å². The van der Waals surface area contributed by atoms with Crippen LogP contribution >= 0.6 is 0 Å². The number of carbonyl (C=O) groups is 2. The molecule has 1 atom stereocenters. The Morgan fingerprint density at radius 1 is 1.25 bits per heavy atom. The van der Waals surface area contributed by atoms with E-state index in [-0.39, 0.29) is 11.4 Å². The van der Waals surface area contributed by atoms with E-state index in [0.717, 1.165) is 12.1 Å². The highest BCUT2D eigenvalue weighted by Gasteiger charge is 2.22. The van der Waals surface area contributed by atoms with E-state index < -0.39 is 35.3 Å². The molecule has 1 aromatic rings. The van der Waals surface area contributed by atoms with Crippen LogP contribution in [0.3, 0.4) is 0 Å². The van der Waals surface area contributed by atoms with Crippen molar-refractivity contribution < 1.29 is 23.1 Å². The summed E-state index contributed by atoms with van der Waals surface area (Å²) < 4.78 is 32.2. The van der Waals surface area contributed by atoms with Crippen LogP contribution in [0.5, 0.6) is 0 Å². The van der Waals surface area contributed by atoms with Gasteiger partial charge in [-0.3, -0.25) is 4.79 Å². The van der Waals surface area contributed by atoms with Crippen LogP contribution in [0, 0.1) is 11.6 Å². The minimum atomic E-state index is -0.958. The number of ether oxygens (including phenoxy) is 1. The van der Waals surface area contributed by atoms with Crippen molar-refractivity contribution in [3.05, 3.63) is 23.8 Å². The molecule has 0 heterocycles. The maximum atomic E-state index is 13.8. The van der Waals surface area contributed by atoms with E-state index in [1.807, 2.05) is 0 Å². The van der Waals surface area contributed by atoms with E-state index in [4.69, 9.17) is 4.74 Å². The van der Waals surface area contributed by atoms with Gasteiger partial charge in [0.05, 0.1) is 11.4 Å². The summed E-state index contributed by atoms with van der Waals surface area (Å²) in [4.78, 5) is 23.8. The number of rotatable bonds is 5. The van der Waals surface area contributed by atoms with E-state index >= 15 is 0 Å². The molecule has 0 aliphatic rings. The predicted octanol–water partition coefficient (Wildman–Crippen LogP) is 3.25. The van der Waals surface area contributed by atoms with Gasteiger partial charge in [0.15, 0.2) is 5.82 Å². The van der Waals surface area contributed by atoms with Crippen LogP contribution in [0.2, 0.25) is 0 Å². The number of hydrogen-bond acceptors (Lipinski definition) is 4. The van der Waals surface area contributed by atoms with Gasteiger partial charge < -0.3 is 20.7 Å². The maximum Gasteiger partial charge on any atom is 0.408 e. The summed E-state index contributed by atoms with van der Waals surface area (Å²) in [7, 11) is 0. The third-order valence-corrected chi connectivity index (χ3v) is 2.79. The molecule has 0 unspecified atom stereocenters. The molecular formula is C16H23F2N3O3. The Labute approximate surface area is 139 Å². The zero-order valence-corrected chi connectivity index (χ0v) is 14.4. The summed E-state index contributed by atoms with van der Waals surface area (Å²) in [5, 5.41) is 7.47. The van der Waals surface area contributed by atoms with Gasteiger partial charge in [0, 0.05) is 12.6 Å². The zero-order chi connectivity index (χ0) is 18.5. The number of halogens is 2. The summed E-state index contributed by atoms with van der Waals surface area (Å²) in [5.41, 5.74) is -0.765. The molecule has 0 spiro atoms. The Morgan fingerprint density at radius 2 is 1.88 bits per heavy atom. The van der Waals surface area contributed by atoms with Crippen LogP contribution in [0.25, 0.3) is 0 Å². The van der Waals surface area contributed by atoms with Gasteiger partial charge in [0.2, 0.25) is 5.91 Å². The second kappa shape index (κ2) is 7.94. The molecule has 8 heteroatoms. The molecule has 0 saturated heterocycles. The molecule has 6 nitrogen and oxygen atoms in total. The molecule has 0 aliphatic heterocycles. The summed E-state index contributed by atoms with van der Waals surface area (Å²) in [5.74, 6) is -2.28. The van der Waals surface area contributed by atoms with Crippen LogP contribution in [-0.2, 0) is 9.53 Å². The number of benzene rings is 1. The maximum absolute atomic E-state index is 13.8. The number of carbonyl (C=O) groups excluding carboxylic acids is 2. The third-order valence-electron chi connectivity index (χ3n) is 2.79. The third kappa shape index (κ3) is 6.02. The predicted molar refractivity (Wildman–Crippen MR) is 88.0 cm³/mol. The van der Waals surface area contributed by atoms with Crippen LogP contribution in [0.4, 0.5) is 25.0 Å². The van der Waals surface area contributed by atoms with Crippen LogP contribution < -0.4 is 16.0 Å². The van der Waals surface area contributed by atoms with Crippen molar-refractivity contribution in [2.24, 2.45) is 0 Å². The van der Waals surface area contributed by atoms with Gasteiger partial charge in [-0.05, 0) is 40.7 Å². The first-order chi connectivity index (χ1) is 11.0. The molecule has 134 valence electrons. The number of nitrogens with one attached hydrogen (secondary N) is 3. The Hall–Kier alpha value is -2.38. The highest BCUT2D eigenvalue weighted by Crippen LogP contribution is 2.26. The number of anilines is 2. The molecule has 0 radical (unpaired) electrons. The van der Waals surface area contributed by atoms with E-state index in [1.165, 1.54) is 6.92 Å². The minimum Gasteiger partial charge on any atom is -0.444 e. The fourth-order valence-electron chi connectivity index (χ4n) is 1.82. The number of hydrogen-bond donors (Lipinski definition) is 3. The number of alkyl carbamates (subject to hydrolysis) is 1. The lowest BCUT2D eigenvalue weighted by Gasteiger charge is -2.22. The van der Waals surface area contributed by atoms with E-state index in [2.05, 4.69) is 16.0 Å². The second-order valence-electron chi connectivity index (χ2n) is 6.20. The van der Waals surface area contributed by atoms with Crippen LogP contribution in [-0.4, -0.2) is 30.2 Å². The Bertz CT molecular complexity index is 615. The summed E-state index contributed by atoms with van der Waals surface area (Å²) >= 11 is 0. The first-order valence-corrected chi connectivity index (χ1v) is 7.56. The molecule has 1 aromatic carbocycles. The molecule has 0 fully saturated rings. The molecule has 2 amide bonds. The van der Waals surface area contributed by atoms with Crippen molar-refractivity contribution in [2.45, 2.75) is 46.3 Å². The Morgan fingerprint density at radius 3 is 2.42 bits per heavy atom. The van der Waals surface area contributed by atoms with Gasteiger partial charge in [-0.25, -0.2) is 13.6 Å². The quantitative estimate of drug-likeness (QED) is 0.767. The average molecular weight is 343 g/mol. The highest BCUT2D eigenvalue weighted by atomic mass is 19.1. The summed E-state index contributed by atoms with van der Waals surface area (Å²) in [6, 6.07) is 0.760. The summed E-state index contributed by atoms with van der Waals surface area (Å²) in [6.45, 7) is 8.63. The zero-order valence-electron chi connectivity index (χ0n) is 14.4. The molecule has 3 N–H and O–H groups in total. The van der Waals surface area contributed by atoms with Gasteiger partial charge in [0.1, 0.15) is 17.5 Å². The standard InChI is InChI=1S/C16H23F2N3O3/c1-6-19-13-11(18)7-10(17)8-12(13)21-14(22)9(2)20-15(23)24-16(3,4)5/h7-9,19H,6H2,1-5H3,(H,20,23)(H,21,22)/t9-/m1/s1. The Kier molecular flexibility index (Phi) is 6.51. The molecular weight excluding hydrogens is 320 g/mol. The fourth-order valence-corrected chi connectivity index (χ4v) is 1.82.